The summed E-state index contributed by atoms with van der Waals surface area (Å²) in [6, 6.07) is 11.9. The van der Waals surface area contributed by atoms with Gasteiger partial charge < -0.3 is 5.11 Å². The standard InChI is InChI=1S/C13H8Cl2O2S/c14-9-5-3-6-10(15)12(9)18-11-7-2-1-4-8(11)13(16)17/h1-7H,(H,16,17). The Morgan fingerprint density at radius 1 is 1.00 bits per heavy atom. The average Bonchev–Trinajstić information content (AvgIpc) is 2.34. The van der Waals surface area contributed by atoms with E-state index in [2.05, 4.69) is 0 Å². The van der Waals surface area contributed by atoms with Gasteiger partial charge in [0, 0.05) is 9.79 Å². The van der Waals surface area contributed by atoms with Crippen LogP contribution in [0.15, 0.2) is 52.3 Å². The van der Waals surface area contributed by atoms with Gasteiger partial charge in [-0.1, -0.05) is 53.2 Å². The molecule has 0 aliphatic heterocycles. The Hall–Kier alpha value is -1.16. The molecule has 2 aromatic rings. The van der Waals surface area contributed by atoms with Crippen molar-refractivity contribution < 1.29 is 9.90 Å². The van der Waals surface area contributed by atoms with Crippen LogP contribution < -0.4 is 0 Å². The second kappa shape index (κ2) is 5.65. The van der Waals surface area contributed by atoms with Crippen LogP contribution in [0.4, 0.5) is 0 Å². The Labute approximate surface area is 119 Å². The molecule has 0 saturated heterocycles. The van der Waals surface area contributed by atoms with E-state index in [1.165, 1.54) is 11.8 Å². The van der Waals surface area contributed by atoms with Crippen LogP contribution >= 0.6 is 35.0 Å². The molecule has 0 bridgehead atoms. The summed E-state index contributed by atoms with van der Waals surface area (Å²) in [5.41, 5.74) is 0.235. The van der Waals surface area contributed by atoms with Gasteiger partial charge in [-0.3, -0.25) is 0 Å². The zero-order valence-corrected chi connectivity index (χ0v) is 11.4. The van der Waals surface area contributed by atoms with Crippen molar-refractivity contribution >= 4 is 40.9 Å². The van der Waals surface area contributed by atoms with E-state index in [0.717, 1.165) is 0 Å². The van der Waals surface area contributed by atoms with Crippen LogP contribution in [0, 0.1) is 0 Å². The molecule has 0 aromatic heterocycles. The third kappa shape index (κ3) is 2.80. The van der Waals surface area contributed by atoms with Crippen LogP contribution in [0.3, 0.4) is 0 Å². The molecule has 1 N–H and O–H groups in total. The van der Waals surface area contributed by atoms with Crippen molar-refractivity contribution in [3.63, 3.8) is 0 Å². The van der Waals surface area contributed by atoms with E-state index in [0.29, 0.717) is 19.8 Å². The maximum Gasteiger partial charge on any atom is 0.336 e. The van der Waals surface area contributed by atoms with Crippen molar-refractivity contribution in [3.05, 3.63) is 58.1 Å². The molecule has 0 radical (unpaired) electrons. The highest BCUT2D eigenvalue weighted by atomic mass is 35.5. The Morgan fingerprint density at radius 3 is 2.22 bits per heavy atom. The van der Waals surface area contributed by atoms with E-state index >= 15 is 0 Å². The van der Waals surface area contributed by atoms with Crippen molar-refractivity contribution in [1.29, 1.82) is 0 Å². The molecule has 0 aliphatic carbocycles. The average molecular weight is 299 g/mol. The predicted molar refractivity (Wildman–Crippen MR) is 74.0 cm³/mol. The molecule has 0 amide bonds. The molecule has 0 saturated carbocycles. The molecule has 92 valence electrons. The van der Waals surface area contributed by atoms with E-state index in [-0.39, 0.29) is 5.56 Å². The number of carboxylic acids is 1. The molecule has 0 heterocycles. The molecule has 2 rings (SSSR count). The van der Waals surface area contributed by atoms with Crippen LogP contribution in [-0.4, -0.2) is 11.1 Å². The van der Waals surface area contributed by atoms with Gasteiger partial charge in [-0.2, -0.15) is 0 Å². The normalized spacial score (nSPS) is 10.3. The second-order valence-corrected chi connectivity index (χ2v) is 5.32. The van der Waals surface area contributed by atoms with Crippen molar-refractivity contribution in [1.82, 2.24) is 0 Å². The first-order valence-electron chi connectivity index (χ1n) is 5.04. The molecule has 0 aliphatic rings. The zero-order valence-electron chi connectivity index (χ0n) is 9.06. The Morgan fingerprint density at radius 2 is 1.61 bits per heavy atom. The van der Waals surface area contributed by atoms with E-state index in [9.17, 15) is 4.79 Å². The molecule has 0 atom stereocenters. The monoisotopic (exact) mass is 298 g/mol. The molecule has 2 aromatic carbocycles. The fraction of sp³-hybridized carbons (Fsp3) is 0. The van der Waals surface area contributed by atoms with Gasteiger partial charge in [-0.05, 0) is 24.3 Å². The number of benzene rings is 2. The molecule has 0 spiro atoms. The third-order valence-electron chi connectivity index (χ3n) is 2.25. The first kappa shape index (κ1) is 13.3. The lowest BCUT2D eigenvalue weighted by Crippen LogP contribution is -1.98. The van der Waals surface area contributed by atoms with Gasteiger partial charge in [0.05, 0.1) is 15.6 Å². The Kier molecular flexibility index (Phi) is 4.17. The summed E-state index contributed by atoms with van der Waals surface area (Å²) in [5, 5.41) is 10.1. The van der Waals surface area contributed by atoms with Gasteiger partial charge in [0.15, 0.2) is 0 Å². The van der Waals surface area contributed by atoms with E-state index in [1.54, 1.807) is 42.5 Å². The topological polar surface area (TPSA) is 37.3 Å². The summed E-state index contributed by atoms with van der Waals surface area (Å²) in [6.07, 6.45) is 0. The predicted octanol–water partition coefficient (Wildman–Crippen LogP) is 4.84. The summed E-state index contributed by atoms with van der Waals surface area (Å²) >= 11 is 13.4. The third-order valence-corrected chi connectivity index (χ3v) is 4.32. The van der Waals surface area contributed by atoms with Crippen molar-refractivity contribution in [2.75, 3.05) is 0 Å². The molecular formula is C13H8Cl2O2S. The minimum absolute atomic E-state index is 0.235. The number of carboxylic acid groups (broad SMARTS) is 1. The number of rotatable bonds is 3. The van der Waals surface area contributed by atoms with Crippen molar-refractivity contribution in [2.24, 2.45) is 0 Å². The summed E-state index contributed by atoms with van der Waals surface area (Å²) in [7, 11) is 0. The van der Waals surface area contributed by atoms with Gasteiger partial charge in [0.1, 0.15) is 0 Å². The fourth-order valence-electron chi connectivity index (χ4n) is 1.42. The molecule has 18 heavy (non-hydrogen) atoms. The zero-order chi connectivity index (χ0) is 13.1. The lowest BCUT2D eigenvalue weighted by molar-refractivity contribution is 0.0693. The van der Waals surface area contributed by atoms with Crippen LogP contribution in [0.5, 0.6) is 0 Å². The molecular weight excluding hydrogens is 291 g/mol. The van der Waals surface area contributed by atoms with Crippen molar-refractivity contribution in [3.8, 4) is 0 Å². The highest BCUT2D eigenvalue weighted by Crippen LogP contribution is 2.39. The van der Waals surface area contributed by atoms with Gasteiger partial charge in [0.25, 0.3) is 0 Å². The summed E-state index contributed by atoms with van der Waals surface area (Å²) < 4.78 is 0. The molecule has 0 unspecified atom stereocenters. The number of hydrogen-bond donors (Lipinski definition) is 1. The molecule has 0 fully saturated rings. The van der Waals surface area contributed by atoms with E-state index in [1.807, 2.05) is 0 Å². The summed E-state index contributed by atoms with van der Waals surface area (Å²) in [5.74, 6) is -0.971. The second-order valence-electron chi connectivity index (χ2n) is 3.45. The SMILES string of the molecule is O=C(O)c1ccccc1Sc1c(Cl)cccc1Cl. The number of carbonyl (C=O) groups is 1. The summed E-state index contributed by atoms with van der Waals surface area (Å²) in [6.45, 7) is 0. The number of hydrogen-bond acceptors (Lipinski definition) is 2. The minimum Gasteiger partial charge on any atom is -0.478 e. The van der Waals surface area contributed by atoms with E-state index < -0.39 is 5.97 Å². The van der Waals surface area contributed by atoms with Crippen molar-refractivity contribution in [2.45, 2.75) is 9.79 Å². The van der Waals surface area contributed by atoms with E-state index in [4.69, 9.17) is 28.3 Å². The largest absolute Gasteiger partial charge is 0.478 e. The van der Waals surface area contributed by atoms with Gasteiger partial charge >= 0.3 is 5.97 Å². The Bertz CT molecular complexity index is 579. The highest BCUT2D eigenvalue weighted by molar-refractivity contribution is 7.99. The number of aromatic carboxylic acids is 1. The molecule has 5 heteroatoms. The Balaban J connectivity index is 2.43. The number of halogens is 2. The lowest BCUT2D eigenvalue weighted by Gasteiger charge is -2.08. The molecule has 2 nitrogen and oxygen atoms in total. The van der Waals surface area contributed by atoms with Gasteiger partial charge in [0.2, 0.25) is 0 Å². The maximum absolute atomic E-state index is 11.1. The minimum atomic E-state index is -0.971. The maximum atomic E-state index is 11.1. The quantitative estimate of drug-likeness (QED) is 0.881. The van der Waals surface area contributed by atoms with Gasteiger partial charge in [-0.15, -0.1) is 0 Å². The van der Waals surface area contributed by atoms with Crippen LogP contribution in [0.2, 0.25) is 10.0 Å². The summed E-state index contributed by atoms with van der Waals surface area (Å²) in [4.78, 5) is 12.4. The smallest absolute Gasteiger partial charge is 0.336 e. The van der Waals surface area contributed by atoms with Crippen LogP contribution in [-0.2, 0) is 0 Å². The van der Waals surface area contributed by atoms with Crippen LogP contribution in [0.25, 0.3) is 0 Å². The first-order valence-corrected chi connectivity index (χ1v) is 6.61. The first-order chi connectivity index (χ1) is 8.59. The van der Waals surface area contributed by atoms with Crippen LogP contribution in [0.1, 0.15) is 10.4 Å². The fourth-order valence-corrected chi connectivity index (χ4v) is 3.01. The highest BCUT2D eigenvalue weighted by Gasteiger charge is 2.13. The van der Waals surface area contributed by atoms with Gasteiger partial charge in [-0.25, -0.2) is 4.79 Å². The lowest BCUT2D eigenvalue weighted by atomic mass is 10.2.